The Balaban J connectivity index is 0.00000114. The van der Waals surface area contributed by atoms with Gasteiger partial charge in [0.25, 0.3) is 17.9 Å². The van der Waals surface area contributed by atoms with E-state index < -0.39 is 41.6 Å². The van der Waals surface area contributed by atoms with Crippen LogP contribution in [0.4, 0.5) is 26.3 Å². The van der Waals surface area contributed by atoms with E-state index in [9.17, 15) is 46.5 Å². The number of aryl methyl sites for hydroxylation is 2. The molecular weight excluding hydrogens is 1040 g/mol. The molecule has 71 heavy (non-hydrogen) atoms. The Bertz CT molecular complexity index is 3110. The number of rotatable bonds is 4. The molecule has 0 bridgehead atoms. The second kappa shape index (κ2) is 28.7. The average Bonchev–Trinajstić information content (AvgIpc) is 3.28. The summed E-state index contributed by atoms with van der Waals surface area (Å²) in [5.41, 5.74) is 2.89. The summed E-state index contributed by atoms with van der Waals surface area (Å²) in [6.07, 6.45) is -6.55. The molecule has 5 aromatic rings. The van der Waals surface area contributed by atoms with E-state index in [4.69, 9.17) is 62.2 Å². The third-order valence-electron chi connectivity index (χ3n) is 9.11. The number of benzene rings is 5. The van der Waals surface area contributed by atoms with Crippen LogP contribution in [0.3, 0.4) is 0 Å². The summed E-state index contributed by atoms with van der Waals surface area (Å²) < 4.78 is 76.9. The molecular formula is C52H40Cl4F6N6O2Ti. The van der Waals surface area contributed by atoms with Crippen LogP contribution in [0.1, 0.15) is 55.7 Å². The molecule has 1 aliphatic rings. The molecule has 19 heteroatoms. The van der Waals surface area contributed by atoms with Gasteiger partial charge in [-0.1, -0.05) is 118 Å². The third-order valence-corrected chi connectivity index (χ3v) is 9.11. The van der Waals surface area contributed by atoms with Gasteiger partial charge >= 0.3 is 61.9 Å². The molecule has 0 aliphatic heterocycles. The van der Waals surface area contributed by atoms with Crippen molar-refractivity contribution in [1.29, 1.82) is 15.8 Å². The molecule has 0 spiro atoms. The Hall–Kier alpha value is -6.95. The van der Waals surface area contributed by atoms with Crippen LogP contribution in [0.5, 0.6) is 0 Å². The van der Waals surface area contributed by atoms with E-state index in [2.05, 4.69) is 14.5 Å². The van der Waals surface area contributed by atoms with Gasteiger partial charge in [0.05, 0.1) is 36.4 Å². The van der Waals surface area contributed by atoms with Gasteiger partial charge < -0.3 is 4.85 Å². The molecule has 364 valence electrons. The third kappa shape index (κ3) is 19.1. The molecule has 0 atom stereocenters. The Kier molecular flexibility index (Phi) is 25.8. The fourth-order valence-electron chi connectivity index (χ4n) is 5.95. The zero-order chi connectivity index (χ0) is 51.0. The van der Waals surface area contributed by atoms with Crippen LogP contribution in [0.15, 0.2) is 121 Å². The Morgan fingerprint density at radius 3 is 1.07 bits per heavy atom. The van der Waals surface area contributed by atoms with Gasteiger partial charge in [0, 0.05) is 11.1 Å². The quantitative estimate of drug-likeness (QED) is 0.0584. The minimum absolute atomic E-state index is 0. The zero-order valence-corrected chi connectivity index (χ0v) is 39.6. The van der Waals surface area contributed by atoms with Gasteiger partial charge in [0.15, 0.2) is 11.6 Å². The number of ketones is 2. The molecule has 0 unspecified atom stereocenters. The van der Waals surface area contributed by atoms with Crippen LogP contribution >= 0.6 is 37.2 Å². The van der Waals surface area contributed by atoms with Crippen molar-refractivity contribution in [1.82, 2.24) is 0 Å². The van der Waals surface area contributed by atoms with Gasteiger partial charge in [-0.05, 0) is 94.1 Å². The van der Waals surface area contributed by atoms with E-state index in [1.807, 2.05) is 50.3 Å². The number of alkyl halides is 6. The van der Waals surface area contributed by atoms with Gasteiger partial charge in [-0.2, -0.15) is 31.6 Å². The number of carbonyl (C=O) groups excluding carboxylic acids is 2. The number of hydrogen-bond acceptors (Lipinski definition) is 5. The molecule has 0 aromatic heterocycles. The Morgan fingerprint density at radius 1 is 0.549 bits per heavy atom. The number of halogens is 10. The van der Waals surface area contributed by atoms with Crippen LogP contribution in [-0.2, 0) is 34.3 Å². The summed E-state index contributed by atoms with van der Waals surface area (Å²) in [6, 6.07) is 31.3. The molecule has 5 aromatic carbocycles. The first-order valence-corrected chi connectivity index (χ1v) is 27.4. The number of hydrogen-bond donors (Lipinski definition) is 0. The topological polar surface area (TPSA) is 119 Å². The van der Waals surface area contributed by atoms with Crippen LogP contribution in [0.2, 0.25) is 0 Å². The van der Waals surface area contributed by atoms with Gasteiger partial charge in [0.2, 0.25) is 0 Å². The van der Waals surface area contributed by atoms with E-state index >= 15 is 0 Å². The second-order valence-corrected chi connectivity index (χ2v) is 29.2. The summed E-state index contributed by atoms with van der Waals surface area (Å²) >= 11 is -3.11. The van der Waals surface area contributed by atoms with Gasteiger partial charge in [-0.3, -0.25) is 9.59 Å². The average molecular weight is 1080 g/mol. The zero-order valence-electron chi connectivity index (χ0n) is 35.0. The molecule has 0 radical (unpaired) electrons. The van der Waals surface area contributed by atoms with Crippen LogP contribution in [0, 0.1) is 67.6 Å². The monoisotopic (exact) mass is 1080 g/mol. The minimum atomic E-state index is -4.52. The van der Waals surface area contributed by atoms with E-state index in [1.165, 1.54) is 48.6 Å². The summed E-state index contributed by atoms with van der Waals surface area (Å²) in [5.74, 6) is -0.756. The van der Waals surface area contributed by atoms with E-state index in [0.717, 1.165) is 35.4 Å². The summed E-state index contributed by atoms with van der Waals surface area (Å²) in [4.78, 5) is 34.0. The van der Waals surface area contributed by atoms with Crippen molar-refractivity contribution < 1.29 is 48.3 Å². The maximum absolute atomic E-state index is 13.0. The van der Waals surface area contributed by atoms with Crippen LogP contribution in [-0.4, -0.2) is 18.1 Å². The summed E-state index contributed by atoms with van der Waals surface area (Å²) in [5, 5.41) is 27.1. The molecule has 1 aliphatic carbocycles. The molecule has 8 nitrogen and oxygen atoms in total. The molecule has 6 rings (SSSR count). The number of allylic oxidation sites excluding steroid dienone is 4. The Morgan fingerprint density at radius 2 is 0.831 bits per heavy atom. The molecule has 0 N–H and O–H groups in total. The van der Waals surface area contributed by atoms with Gasteiger partial charge in [-0.25, -0.2) is 26.8 Å². The Labute approximate surface area is 427 Å². The molecule has 0 saturated carbocycles. The van der Waals surface area contributed by atoms with Crippen molar-refractivity contribution in [2.24, 2.45) is 0 Å². The molecule has 0 saturated heterocycles. The SMILES string of the molecule is C.C.C.Cc1ccc(C2=CC(=O)C(c3ccc(C(F)(F)F)cc3)=CC2=O)cc1.[C-]#[N+]/C(C#N)=c1/cc(-c2ccc(C(F)(F)F)cc2)/c(=C(\C#N)[N+]#[C-])cc1-c1ccc(C)cc1.[C-]#[N+]CC#N.[Cl][Ti]([Cl])([Cl])[Cl]. The predicted molar refractivity (Wildman–Crippen MR) is 267 cm³/mol. The molecule has 0 fully saturated rings. The first kappa shape index (κ1) is 64.1. The van der Waals surface area contributed by atoms with Crippen molar-refractivity contribution >= 4 is 71.3 Å². The van der Waals surface area contributed by atoms with Crippen molar-refractivity contribution in [3.8, 4) is 40.5 Å². The summed E-state index contributed by atoms with van der Waals surface area (Å²) in [6.45, 7) is 24.6. The first-order valence-electron chi connectivity index (χ1n) is 18.9. The van der Waals surface area contributed by atoms with Crippen LogP contribution < -0.4 is 10.4 Å². The maximum atomic E-state index is 13.0. The first-order chi connectivity index (χ1) is 31.9. The van der Waals surface area contributed by atoms with E-state index in [1.54, 1.807) is 30.3 Å². The van der Waals surface area contributed by atoms with Crippen molar-refractivity contribution in [2.45, 2.75) is 48.5 Å². The standard InChI is InChI=1S/C26H13F3N4.C20H13F3O2.C3H2N2.3CH4.4ClH.Ti/c1-16-4-6-17(7-5-16)20-12-23(25(15-31)33-3)21(13-22(20)24(14-30)32-2)18-8-10-19(11-9-18)26(27,28)29;1-12-2-4-13(5-3-12)16-10-19(25)17(11-18(16)24)14-6-8-15(9-7-14)20(21,22)23;1-5-3-2-4;;;;;;;;/h4-13H,1H3;2-11H,1H3;3H2;3*1H4;4*1H;/q;;;;;;;;;;+4/p-4/b24-22-,25-23+;;;;;;;;;;. The van der Waals surface area contributed by atoms with E-state index in [-0.39, 0.29) is 78.7 Å². The molecule has 0 amide bonds. The normalized spacial score (nSPS) is 12.3. The van der Waals surface area contributed by atoms with Crippen molar-refractivity contribution in [3.05, 3.63) is 199 Å². The number of nitrogens with zero attached hydrogens (tertiary/aromatic N) is 6. The second-order valence-electron chi connectivity index (χ2n) is 13.7. The summed E-state index contributed by atoms with van der Waals surface area (Å²) in [7, 11) is 20.1. The predicted octanol–water partition coefficient (Wildman–Crippen LogP) is 15.2. The van der Waals surface area contributed by atoms with Crippen molar-refractivity contribution in [2.75, 3.05) is 6.54 Å². The molecule has 0 heterocycles. The van der Waals surface area contributed by atoms with Crippen LogP contribution in [0.25, 0.3) is 59.3 Å². The van der Waals surface area contributed by atoms with E-state index in [0.29, 0.717) is 22.3 Å². The van der Waals surface area contributed by atoms with Crippen molar-refractivity contribution in [3.63, 3.8) is 0 Å². The fraction of sp³-hybridized carbons (Fsp3) is 0.154. The number of carbonyl (C=O) groups is 2. The van der Waals surface area contributed by atoms with Gasteiger partial charge in [0.1, 0.15) is 6.07 Å². The fourth-order valence-corrected chi connectivity index (χ4v) is 5.95. The number of nitriles is 3. The van der Waals surface area contributed by atoms with Gasteiger partial charge in [-0.15, -0.1) is 0 Å².